The van der Waals surface area contributed by atoms with Crippen LogP contribution in [0.1, 0.15) is 15.9 Å². The molecular weight excluding hydrogens is 400 g/mol. The molecule has 0 aliphatic rings. The van der Waals surface area contributed by atoms with Crippen molar-refractivity contribution in [3.05, 3.63) is 90.0 Å². The van der Waals surface area contributed by atoms with Gasteiger partial charge in [0.25, 0.3) is 5.91 Å². The number of amides is 1. The van der Waals surface area contributed by atoms with Crippen molar-refractivity contribution in [2.45, 2.75) is 11.4 Å². The molecule has 0 atom stereocenters. The van der Waals surface area contributed by atoms with Gasteiger partial charge in [-0.15, -0.1) is 0 Å². The largest absolute Gasteiger partial charge is 0.495 e. The van der Waals surface area contributed by atoms with E-state index in [2.05, 4.69) is 0 Å². The van der Waals surface area contributed by atoms with E-state index in [-0.39, 0.29) is 22.1 Å². The van der Waals surface area contributed by atoms with Gasteiger partial charge in [0.15, 0.2) is 0 Å². The second-order valence-electron chi connectivity index (χ2n) is 6.87. The van der Waals surface area contributed by atoms with Gasteiger partial charge in [0.2, 0.25) is 10.0 Å². The van der Waals surface area contributed by atoms with Gasteiger partial charge in [-0.25, -0.2) is 12.7 Å². The minimum Gasteiger partial charge on any atom is -0.495 e. The number of sulfonamides is 1. The molecule has 1 amide bonds. The molecule has 0 fully saturated rings. The van der Waals surface area contributed by atoms with Gasteiger partial charge in [-0.2, -0.15) is 0 Å². The lowest BCUT2D eigenvalue weighted by Gasteiger charge is -2.24. The van der Waals surface area contributed by atoms with Crippen LogP contribution in [0.2, 0.25) is 0 Å². The molecule has 0 spiro atoms. The third kappa shape index (κ3) is 4.53. The zero-order chi connectivity index (χ0) is 21.7. The summed E-state index contributed by atoms with van der Waals surface area (Å²) in [6.07, 6.45) is 0. The van der Waals surface area contributed by atoms with Crippen LogP contribution in [-0.4, -0.2) is 39.8 Å². The number of methoxy groups -OCH3 is 1. The highest BCUT2D eigenvalue weighted by atomic mass is 32.2. The van der Waals surface area contributed by atoms with Gasteiger partial charge in [-0.05, 0) is 35.9 Å². The summed E-state index contributed by atoms with van der Waals surface area (Å²) in [5.74, 6) is -0.113. The van der Waals surface area contributed by atoms with E-state index in [4.69, 9.17) is 4.74 Å². The molecule has 0 radical (unpaired) electrons. The predicted octanol–water partition coefficient (Wildman–Crippen LogP) is 3.79. The molecule has 0 aliphatic carbocycles. The molecule has 3 aromatic rings. The maximum Gasteiger partial charge on any atom is 0.258 e. The van der Waals surface area contributed by atoms with Crippen LogP contribution in [0.25, 0.3) is 0 Å². The van der Waals surface area contributed by atoms with Gasteiger partial charge in [0, 0.05) is 25.3 Å². The molecule has 3 aromatic carbocycles. The molecule has 30 heavy (non-hydrogen) atoms. The van der Waals surface area contributed by atoms with Gasteiger partial charge >= 0.3 is 0 Å². The van der Waals surface area contributed by atoms with Crippen LogP contribution in [0.3, 0.4) is 0 Å². The number of carbonyl (C=O) groups is 1. The molecule has 7 heteroatoms. The van der Waals surface area contributed by atoms with E-state index in [1.165, 1.54) is 33.3 Å². The van der Waals surface area contributed by atoms with Crippen molar-refractivity contribution in [3.63, 3.8) is 0 Å². The summed E-state index contributed by atoms with van der Waals surface area (Å²) in [5.41, 5.74) is 1.94. The number of hydrogen-bond acceptors (Lipinski definition) is 4. The topological polar surface area (TPSA) is 66.9 Å². The predicted molar refractivity (Wildman–Crippen MR) is 117 cm³/mol. The lowest BCUT2D eigenvalue weighted by Crippen LogP contribution is -2.31. The van der Waals surface area contributed by atoms with Crippen LogP contribution in [0, 0.1) is 0 Å². The molecule has 0 bridgehead atoms. The van der Waals surface area contributed by atoms with E-state index in [0.29, 0.717) is 6.54 Å². The molecule has 0 saturated heterocycles. The van der Waals surface area contributed by atoms with Crippen LogP contribution in [0.15, 0.2) is 83.8 Å². The SMILES string of the molecule is COc1ccc(C(=O)N(Cc2ccccc2)c2ccccc2)cc1S(=O)(=O)N(C)C. The van der Waals surface area contributed by atoms with Crippen molar-refractivity contribution in [3.8, 4) is 5.75 Å². The van der Waals surface area contributed by atoms with Crippen LogP contribution < -0.4 is 9.64 Å². The van der Waals surface area contributed by atoms with Crippen molar-refractivity contribution in [2.24, 2.45) is 0 Å². The van der Waals surface area contributed by atoms with Crippen LogP contribution in [-0.2, 0) is 16.6 Å². The molecule has 0 heterocycles. The Balaban J connectivity index is 2.06. The number of ether oxygens (including phenoxy) is 1. The monoisotopic (exact) mass is 424 g/mol. The van der Waals surface area contributed by atoms with Gasteiger partial charge < -0.3 is 9.64 Å². The standard InChI is InChI=1S/C23H24N2O4S/c1-24(2)30(27,28)22-16-19(14-15-21(22)29-3)23(26)25(20-12-8-5-9-13-20)17-18-10-6-4-7-11-18/h4-16H,17H2,1-3H3. The molecule has 0 saturated carbocycles. The minimum absolute atomic E-state index is 0.0476. The Bertz CT molecular complexity index is 1110. The van der Waals surface area contributed by atoms with Crippen molar-refractivity contribution >= 4 is 21.6 Å². The first-order valence-corrected chi connectivity index (χ1v) is 10.8. The van der Waals surface area contributed by atoms with Gasteiger partial charge in [-0.1, -0.05) is 48.5 Å². The summed E-state index contributed by atoms with van der Waals surface area (Å²) in [6.45, 7) is 0.353. The minimum atomic E-state index is -3.79. The molecule has 6 nitrogen and oxygen atoms in total. The lowest BCUT2D eigenvalue weighted by molar-refractivity contribution is 0.0985. The summed E-state index contributed by atoms with van der Waals surface area (Å²) in [7, 11) is 0.492. The van der Waals surface area contributed by atoms with Crippen molar-refractivity contribution < 1.29 is 17.9 Å². The number of carbonyl (C=O) groups excluding carboxylic acids is 1. The Labute approximate surface area is 177 Å². The first kappa shape index (κ1) is 21.5. The number of anilines is 1. The normalized spacial score (nSPS) is 11.3. The first-order chi connectivity index (χ1) is 14.3. The van der Waals surface area contributed by atoms with Crippen molar-refractivity contribution in [2.75, 3.05) is 26.1 Å². The van der Waals surface area contributed by atoms with E-state index in [9.17, 15) is 13.2 Å². The van der Waals surface area contributed by atoms with E-state index < -0.39 is 10.0 Å². The van der Waals surface area contributed by atoms with Crippen LogP contribution in [0.4, 0.5) is 5.69 Å². The first-order valence-electron chi connectivity index (χ1n) is 9.36. The fourth-order valence-electron chi connectivity index (χ4n) is 3.02. The second-order valence-corrected chi connectivity index (χ2v) is 8.99. The van der Waals surface area contributed by atoms with Crippen molar-refractivity contribution in [1.29, 1.82) is 0 Å². The van der Waals surface area contributed by atoms with Gasteiger partial charge in [0.05, 0.1) is 13.7 Å². The summed E-state index contributed by atoms with van der Waals surface area (Å²) in [6, 6.07) is 23.4. The number of rotatable bonds is 7. The molecule has 0 aromatic heterocycles. The van der Waals surface area contributed by atoms with Crippen LogP contribution in [0.5, 0.6) is 5.75 Å². The number of nitrogens with zero attached hydrogens (tertiary/aromatic N) is 2. The zero-order valence-electron chi connectivity index (χ0n) is 17.1. The van der Waals surface area contributed by atoms with Gasteiger partial charge in [-0.3, -0.25) is 4.79 Å². The number of benzene rings is 3. The zero-order valence-corrected chi connectivity index (χ0v) is 18.0. The highest BCUT2D eigenvalue weighted by Crippen LogP contribution is 2.28. The molecule has 3 rings (SSSR count). The fraction of sp³-hybridized carbons (Fsp3) is 0.174. The molecular formula is C23H24N2O4S. The summed E-state index contributed by atoms with van der Waals surface area (Å²) in [4.78, 5) is 15.1. The maximum absolute atomic E-state index is 13.5. The third-order valence-electron chi connectivity index (χ3n) is 4.67. The summed E-state index contributed by atoms with van der Waals surface area (Å²) in [5, 5.41) is 0. The Morgan fingerprint density at radius 3 is 2.07 bits per heavy atom. The number of para-hydroxylation sites is 1. The lowest BCUT2D eigenvalue weighted by atomic mass is 10.1. The highest BCUT2D eigenvalue weighted by molar-refractivity contribution is 7.89. The van der Waals surface area contributed by atoms with E-state index in [0.717, 1.165) is 15.6 Å². The average molecular weight is 425 g/mol. The highest BCUT2D eigenvalue weighted by Gasteiger charge is 2.26. The Hall–Kier alpha value is -3.16. The quantitative estimate of drug-likeness (QED) is 0.579. The third-order valence-corrected chi connectivity index (χ3v) is 6.50. The fourth-order valence-corrected chi connectivity index (χ4v) is 4.09. The smallest absolute Gasteiger partial charge is 0.258 e. The van der Waals surface area contributed by atoms with Crippen LogP contribution >= 0.6 is 0 Å². The Morgan fingerprint density at radius 2 is 1.50 bits per heavy atom. The molecule has 0 N–H and O–H groups in total. The Kier molecular flexibility index (Phi) is 6.54. The van der Waals surface area contributed by atoms with E-state index in [1.54, 1.807) is 11.0 Å². The van der Waals surface area contributed by atoms with Gasteiger partial charge in [0.1, 0.15) is 10.6 Å². The molecule has 0 aliphatic heterocycles. The Morgan fingerprint density at radius 1 is 0.900 bits per heavy atom. The van der Waals surface area contributed by atoms with E-state index in [1.807, 2.05) is 60.7 Å². The van der Waals surface area contributed by atoms with Crippen molar-refractivity contribution in [1.82, 2.24) is 4.31 Å². The maximum atomic E-state index is 13.5. The second kappa shape index (κ2) is 9.11. The molecule has 156 valence electrons. The summed E-state index contributed by atoms with van der Waals surface area (Å²) >= 11 is 0. The van der Waals surface area contributed by atoms with E-state index >= 15 is 0 Å². The number of hydrogen-bond donors (Lipinski definition) is 0. The summed E-state index contributed by atoms with van der Waals surface area (Å²) < 4.78 is 31.8. The molecule has 0 unspecified atom stereocenters. The average Bonchev–Trinajstić information content (AvgIpc) is 2.77.